The second-order valence-corrected chi connectivity index (χ2v) is 5.06. The van der Waals surface area contributed by atoms with Gasteiger partial charge in [0.15, 0.2) is 12.4 Å². The van der Waals surface area contributed by atoms with Gasteiger partial charge in [0, 0.05) is 18.4 Å². The second-order valence-electron chi connectivity index (χ2n) is 5.06. The van der Waals surface area contributed by atoms with Crippen molar-refractivity contribution >= 4 is 11.6 Å². The molecule has 0 bridgehead atoms. The Balaban J connectivity index is 1.98. The van der Waals surface area contributed by atoms with Crippen LogP contribution in [0.4, 0.5) is 5.69 Å². The Morgan fingerprint density at radius 1 is 1.30 bits per heavy atom. The fourth-order valence-corrected chi connectivity index (χ4v) is 1.97. The maximum Gasteiger partial charge on any atom is 0.292 e. The monoisotopic (exact) mass is 311 g/mol. The van der Waals surface area contributed by atoms with Crippen molar-refractivity contribution in [1.82, 2.24) is 4.57 Å². The fraction of sp³-hybridized carbons (Fsp3) is 0.235. The minimum atomic E-state index is -0.359. The van der Waals surface area contributed by atoms with Crippen molar-refractivity contribution in [3.63, 3.8) is 0 Å². The van der Waals surface area contributed by atoms with Crippen LogP contribution in [-0.4, -0.2) is 17.1 Å². The van der Waals surface area contributed by atoms with Crippen molar-refractivity contribution in [3.8, 4) is 11.8 Å². The number of amides is 1. The Labute approximate surface area is 133 Å². The zero-order valence-electron chi connectivity index (χ0n) is 12.7. The standard InChI is InChI=1S/C17H17N3O3/c1-13(10-18)11-20-9-5-8-15(17(20)22)23-12-16(21)19-14-6-3-2-4-7-14/h2-9,13H,11-12H2,1H3,(H,19,21). The Hall–Kier alpha value is -3.07. The van der Waals surface area contributed by atoms with Crippen molar-refractivity contribution < 1.29 is 9.53 Å². The molecule has 1 heterocycles. The number of benzene rings is 1. The molecule has 6 heteroatoms. The number of carbonyl (C=O) groups excluding carboxylic acids is 1. The van der Waals surface area contributed by atoms with Crippen LogP contribution in [0.25, 0.3) is 0 Å². The van der Waals surface area contributed by atoms with E-state index in [9.17, 15) is 9.59 Å². The first kappa shape index (κ1) is 16.3. The highest BCUT2D eigenvalue weighted by atomic mass is 16.5. The average Bonchev–Trinajstić information content (AvgIpc) is 2.56. The van der Waals surface area contributed by atoms with Crippen LogP contribution in [0, 0.1) is 17.2 Å². The molecule has 0 spiro atoms. The van der Waals surface area contributed by atoms with Gasteiger partial charge in [-0.1, -0.05) is 18.2 Å². The number of para-hydroxylation sites is 1. The number of nitriles is 1. The lowest BCUT2D eigenvalue weighted by Crippen LogP contribution is -2.26. The Morgan fingerprint density at radius 3 is 2.74 bits per heavy atom. The van der Waals surface area contributed by atoms with Gasteiger partial charge >= 0.3 is 0 Å². The van der Waals surface area contributed by atoms with Crippen molar-refractivity contribution in [3.05, 3.63) is 59.0 Å². The molecular weight excluding hydrogens is 294 g/mol. The number of rotatable bonds is 6. The van der Waals surface area contributed by atoms with Gasteiger partial charge in [-0.2, -0.15) is 5.26 Å². The van der Waals surface area contributed by atoms with Crippen LogP contribution in [0.1, 0.15) is 6.92 Å². The van der Waals surface area contributed by atoms with E-state index >= 15 is 0 Å². The summed E-state index contributed by atoms with van der Waals surface area (Å²) in [5.41, 5.74) is 0.302. The SMILES string of the molecule is CC(C#N)Cn1cccc(OCC(=O)Nc2ccccc2)c1=O. The molecule has 1 aromatic carbocycles. The van der Waals surface area contributed by atoms with Crippen LogP contribution in [0.15, 0.2) is 53.5 Å². The molecule has 1 N–H and O–H groups in total. The molecule has 0 saturated heterocycles. The first-order chi connectivity index (χ1) is 11.1. The van der Waals surface area contributed by atoms with Crippen LogP contribution in [0.5, 0.6) is 5.75 Å². The number of hydrogen-bond acceptors (Lipinski definition) is 4. The van der Waals surface area contributed by atoms with Gasteiger partial charge < -0.3 is 14.6 Å². The van der Waals surface area contributed by atoms with Gasteiger partial charge in [-0.3, -0.25) is 9.59 Å². The van der Waals surface area contributed by atoms with E-state index in [1.807, 2.05) is 18.2 Å². The fourth-order valence-electron chi connectivity index (χ4n) is 1.97. The van der Waals surface area contributed by atoms with Crippen LogP contribution in [0.2, 0.25) is 0 Å². The normalized spacial score (nSPS) is 11.3. The number of hydrogen-bond donors (Lipinski definition) is 1. The molecule has 0 fully saturated rings. The van der Waals surface area contributed by atoms with Crippen LogP contribution in [-0.2, 0) is 11.3 Å². The summed E-state index contributed by atoms with van der Waals surface area (Å²) < 4.78 is 6.70. The Morgan fingerprint density at radius 2 is 2.04 bits per heavy atom. The molecule has 1 unspecified atom stereocenters. The third-order valence-corrected chi connectivity index (χ3v) is 3.09. The summed E-state index contributed by atoms with van der Waals surface area (Å²) in [5, 5.41) is 11.5. The largest absolute Gasteiger partial charge is 0.478 e. The molecule has 0 aliphatic rings. The molecule has 118 valence electrons. The molecule has 6 nitrogen and oxygen atoms in total. The molecule has 1 atom stereocenters. The highest BCUT2D eigenvalue weighted by Gasteiger charge is 2.09. The number of nitrogens with zero attached hydrogens (tertiary/aromatic N) is 2. The quantitative estimate of drug-likeness (QED) is 0.884. The minimum Gasteiger partial charge on any atom is -0.478 e. The van der Waals surface area contributed by atoms with Crippen LogP contribution < -0.4 is 15.6 Å². The lowest BCUT2D eigenvalue weighted by atomic mass is 10.2. The van der Waals surface area contributed by atoms with E-state index < -0.39 is 0 Å². The summed E-state index contributed by atoms with van der Waals surface area (Å²) in [5.74, 6) is -0.554. The van der Waals surface area contributed by atoms with Gasteiger partial charge in [-0.25, -0.2) is 0 Å². The lowest BCUT2D eigenvalue weighted by Gasteiger charge is -2.10. The molecule has 0 saturated carbocycles. The van der Waals surface area contributed by atoms with Crippen molar-refractivity contribution in [2.24, 2.45) is 5.92 Å². The number of pyridine rings is 1. The predicted molar refractivity (Wildman–Crippen MR) is 86.0 cm³/mol. The molecule has 23 heavy (non-hydrogen) atoms. The zero-order valence-corrected chi connectivity index (χ0v) is 12.7. The van der Waals surface area contributed by atoms with E-state index in [0.717, 1.165) is 0 Å². The van der Waals surface area contributed by atoms with Gasteiger partial charge in [0.1, 0.15) is 0 Å². The molecule has 0 radical (unpaired) electrons. The van der Waals surface area contributed by atoms with Crippen LogP contribution in [0.3, 0.4) is 0 Å². The van der Waals surface area contributed by atoms with Crippen molar-refractivity contribution in [2.75, 3.05) is 11.9 Å². The number of carbonyl (C=O) groups is 1. The third kappa shape index (κ3) is 4.71. The number of nitrogens with one attached hydrogen (secondary N) is 1. The number of anilines is 1. The third-order valence-electron chi connectivity index (χ3n) is 3.09. The van der Waals surface area contributed by atoms with E-state index in [1.54, 1.807) is 31.3 Å². The average molecular weight is 311 g/mol. The highest BCUT2D eigenvalue weighted by Crippen LogP contribution is 2.06. The van der Waals surface area contributed by atoms with Gasteiger partial charge in [-0.15, -0.1) is 0 Å². The van der Waals surface area contributed by atoms with Crippen LogP contribution >= 0.6 is 0 Å². The molecule has 0 aliphatic carbocycles. The number of aromatic nitrogens is 1. The molecule has 1 amide bonds. The van der Waals surface area contributed by atoms with Gasteiger partial charge in [-0.05, 0) is 31.2 Å². The first-order valence-corrected chi connectivity index (χ1v) is 7.17. The van der Waals surface area contributed by atoms with E-state index in [0.29, 0.717) is 5.69 Å². The lowest BCUT2D eigenvalue weighted by molar-refractivity contribution is -0.118. The molecular formula is C17H17N3O3. The van der Waals surface area contributed by atoms with Gasteiger partial charge in [0.25, 0.3) is 11.5 Å². The zero-order chi connectivity index (χ0) is 16.7. The molecule has 2 aromatic rings. The molecule has 2 rings (SSSR count). The van der Waals surface area contributed by atoms with E-state index in [-0.39, 0.29) is 36.3 Å². The smallest absolute Gasteiger partial charge is 0.292 e. The first-order valence-electron chi connectivity index (χ1n) is 7.17. The summed E-state index contributed by atoms with van der Waals surface area (Å²) in [6.45, 7) is 1.75. The van der Waals surface area contributed by atoms with Gasteiger partial charge in [0.05, 0.1) is 12.0 Å². The van der Waals surface area contributed by atoms with Crippen molar-refractivity contribution in [2.45, 2.75) is 13.5 Å². The second kappa shape index (κ2) is 7.80. The predicted octanol–water partition coefficient (Wildman–Crippen LogP) is 2.03. The summed E-state index contributed by atoms with van der Waals surface area (Å²) in [6, 6.07) is 14.2. The van der Waals surface area contributed by atoms with E-state index in [4.69, 9.17) is 10.00 Å². The highest BCUT2D eigenvalue weighted by molar-refractivity contribution is 5.91. The topological polar surface area (TPSA) is 84.1 Å². The van der Waals surface area contributed by atoms with Gasteiger partial charge in [0.2, 0.25) is 0 Å². The maximum atomic E-state index is 12.2. The maximum absolute atomic E-state index is 12.2. The van der Waals surface area contributed by atoms with E-state index in [1.165, 1.54) is 10.6 Å². The Kier molecular flexibility index (Phi) is 5.53. The summed E-state index contributed by atoms with van der Waals surface area (Å²) in [4.78, 5) is 24.0. The molecule has 1 aromatic heterocycles. The number of ether oxygens (including phenoxy) is 1. The molecule has 0 aliphatic heterocycles. The summed E-state index contributed by atoms with van der Waals surface area (Å²) in [6.07, 6.45) is 1.59. The van der Waals surface area contributed by atoms with E-state index in [2.05, 4.69) is 11.4 Å². The minimum absolute atomic E-state index is 0.0841. The van der Waals surface area contributed by atoms with Crippen molar-refractivity contribution in [1.29, 1.82) is 5.26 Å². The summed E-state index contributed by atoms with van der Waals surface area (Å²) >= 11 is 0. The Bertz CT molecular complexity index is 763. The summed E-state index contributed by atoms with van der Waals surface area (Å²) in [7, 11) is 0.